The average Bonchev–Trinajstić information content (AvgIpc) is 2.76. The minimum atomic E-state index is 0.352. The molecule has 0 bridgehead atoms. The van der Waals surface area contributed by atoms with Gasteiger partial charge in [-0.1, -0.05) is 17.7 Å². The van der Waals surface area contributed by atoms with Gasteiger partial charge >= 0.3 is 0 Å². The van der Waals surface area contributed by atoms with E-state index < -0.39 is 0 Å². The lowest BCUT2D eigenvalue weighted by atomic mass is 10.1. The van der Waals surface area contributed by atoms with Crippen molar-refractivity contribution in [2.24, 2.45) is 5.73 Å². The molecule has 0 aromatic heterocycles. The van der Waals surface area contributed by atoms with E-state index in [4.69, 9.17) is 22.1 Å². The van der Waals surface area contributed by atoms with Crippen molar-refractivity contribution in [2.45, 2.75) is 38.2 Å². The maximum absolute atomic E-state index is 6.12. The molecule has 0 aliphatic heterocycles. The van der Waals surface area contributed by atoms with Gasteiger partial charge in [-0.2, -0.15) is 0 Å². The molecule has 1 aromatic carbocycles. The maximum atomic E-state index is 6.12. The molecule has 2 N–H and O–H groups in total. The Morgan fingerprint density at radius 3 is 2.75 bits per heavy atom. The zero-order valence-corrected chi connectivity index (χ0v) is 10.2. The topological polar surface area (TPSA) is 35.2 Å². The summed E-state index contributed by atoms with van der Waals surface area (Å²) in [5, 5.41) is 0.702. The van der Waals surface area contributed by atoms with Crippen LogP contribution in [0.1, 0.15) is 31.2 Å². The number of nitrogens with two attached hydrogens (primary N) is 1. The van der Waals surface area contributed by atoms with Gasteiger partial charge in [-0.3, -0.25) is 0 Å². The van der Waals surface area contributed by atoms with Crippen LogP contribution in [0, 0.1) is 0 Å². The van der Waals surface area contributed by atoms with Crippen molar-refractivity contribution >= 4 is 11.6 Å². The molecular formula is C13H18ClNO. The van der Waals surface area contributed by atoms with E-state index in [-0.39, 0.29) is 0 Å². The minimum absolute atomic E-state index is 0.352. The second-order valence-electron chi connectivity index (χ2n) is 4.33. The van der Waals surface area contributed by atoms with E-state index in [2.05, 4.69) is 0 Å². The first-order valence-electron chi connectivity index (χ1n) is 5.95. The summed E-state index contributed by atoms with van der Waals surface area (Å²) < 4.78 is 5.92. The van der Waals surface area contributed by atoms with E-state index in [1.54, 1.807) is 0 Å². The van der Waals surface area contributed by atoms with E-state index in [1.807, 2.05) is 18.2 Å². The number of rotatable bonds is 4. The summed E-state index contributed by atoms with van der Waals surface area (Å²) in [7, 11) is 0. The Morgan fingerprint density at radius 2 is 2.06 bits per heavy atom. The molecule has 1 fully saturated rings. The largest absolute Gasteiger partial charge is 0.489 e. The summed E-state index contributed by atoms with van der Waals surface area (Å²) in [5.74, 6) is 0.819. The second-order valence-corrected chi connectivity index (χ2v) is 4.73. The van der Waals surface area contributed by atoms with Gasteiger partial charge in [0.05, 0.1) is 11.1 Å². The first-order chi connectivity index (χ1) is 7.79. The summed E-state index contributed by atoms with van der Waals surface area (Å²) in [6.07, 6.45) is 6.06. The molecule has 2 rings (SSSR count). The van der Waals surface area contributed by atoms with Crippen LogP contribution in [0.5, 0.6) is 5.75 Å². The third-order valence-corrected chi connectivity index (χ3v) is 3.34. The zero-order chi connectivity index (χ0) is 11.4. The van der Waals surface area contributed by atoms with Gasteiger partial charge in [0, 0.05) is 0 Å². The normalized spacial score (nSPS) is 16.6. The minimum Gasteiger partial charge on any atom is -0.489 e. The summed E-state index contributed by atoms with van der Waals surface area (Å²) in [6.45, 7) is 0.657. The van der Waals surface area contributed by atoms with Crippen molar-refractivity contribution in [3.05, 3.63) is 28.8 Å². The van der Waals surface area contributed by atoms with Gasteiger partial charge in [0.2, 0.25) is 0 Å². The first-order valence-corrected chi connectivity index (χ1v) is 6.32. The molecular weight excluding hydrogens is 222 g/mol. The third-order valence-electron chi connectivity index (χ3n) is 3.02. The average molecular weight is 240 g/mol. The Labute approximate surface area is 102 Å². The number of hydrogen-bond donors (Lipinski definition) is 1. The lowest BCUT2D eigenvalue weighted by Gasteiger charge is -2.15. The molecule has 0 amide bonds. The molecule has 1 aromatic rings. The van der Waals surface area contributed by atoms with Gasteiger partial charge in [-0.05, 0) is 56.3 Å². The van der Waals surface area contributed by atoms with Crippen LogP contribution in [0.3, 0.4) is 0 Å². The molecule has 88 valence electrons. The van der Waals surface area contributed by atoms with Crippen LogP contribution in [0.15, 0.2) is 18.2 Å². The Hall–Kier alpha value is -0.730. The lowest BCUT2D eigenvalue weighted by Crippen LogP contribution is -2.11. The molecule has 16 heavy (non-hydrogen) atoms. The highest BCUT2D eigenvalue weighted by atomic mass is 35.5. The summed E-state index contributed by atoms with van der Waals surface area (Å²) in [5.41, 5.74) is 6.73. The summed E-state index contributed by atoms with van der Waals surface area (Å²) in [6, 6.07) is 5.93. The van der Waals surface area contributed by atoms with E-state index in [1.165, 1.54) is 18.4 Å². The van der Waals surface area contributed by atoms with Crippen LogP contribution in [0.2, 0.25) is 5.02 Å². The molecule has 2 nitrogen and oxygen atoms in total. The van der Waals surface area contributed by atoms with E-state index in [0.29, 0.717) is 17.7 Å². The van der Waals surface area contributed by atoms with Crippen molar-refractivity contribution in [2.75, 3.05) is 6.54 Å². The Balaban J connectivity index is 2.08. The predicted octanol–water partition coefficient (Wildman–Crippen LogP) is 3.16. The first kappa shape index (κ1) is 11.7. The Kier molecular flexibility index (Phi) is 4.08. The number of hydrogen-bond acceptors (Lipinski definition) is 2. The van der Waals surface area contributed by atoms with E-state index in [9.17, 15) is 0 Å². The van der Waals surface area contributed by atoms with E-state index >= 15 is 0 Å². The standard InChI is InChI=1S/C13H18ClNO/c14-12-6-5-10(7-8-15)9-13(12)16-11-3-1-2-4-11/h5-6,9,11H,1-4,7-8,15H2. The zero-order valence-electron chi connectivity index (χ0n) is 9.42. The van der Waals surface area contributed by atoms with Gasteiger partial charge in [0.25, 0.3) is 0 Å². The molecule has 0 heterocycles. The van der Waals surface area contributed by atoms with Crippen LogP contribution in [-0.4, -0.2) is 12.6 Å². The van der Waals surface area contributed by atoms with Crippen molar-refractivity contribution in [1.82, 2.24) is 0 Å². The molecule has 0 spiro atoms. The fourth-order valence-electron chi connectivity index (χ4n) is 2.15. The molecule has 1 aliphatic rings. The predicted molar refractivity (Wildman–Crippen MR) is 67.1 cm³/mol. The molecule has 3 heteroatoms. The number of benzene rings is 1. The van der Waals surface area contributed by atoms with Crippen molar-refractivity contribution < 1.29 is 4.74 Å². The van der Waals surface area contributed by atoms with Crippen LogP contribution in [0.25, 0.3) is 0 Å². The van der Waals surface area contributed by atoms with Gasteiger partial charge in [-0.25, -0.2) is 0 Å². The smallest absolute Gasteiger partial charge is 0.138 e. The number of ether oxygens (including phenoxy) is 1. The van der Waals surface area contributed by atoms with Gasteiger partial charge in [-0.15, -0.1) is 0 Å². The van der Waals surface area contributed by atoms with Crippen LogP contribution < -0.4 is 10.5 Å². The fraction of sp³-hybridized carbons (Fsp3) is 0.538. The fourth-order valence-corrected chi connectivity index (χ4v) is 2.31. The molecule has 1 saturated carbocycles. The molecule has 1 aliphatic carbocycles. The van der Waals surface area contributed by atoms with Crippen LogP contribution >= 0.6 is 11.6 Å². The van der Waals surface area contributed by atoms with Crippen LogP contribution in [0.4, 0.5) is 0 Å². The quantitative estimate of drug-likeness (QED) is 0.876. The van der Waals surface area contributed by atoms with Gasteiger partial charge < -0.3 is 10.5 Å². The monoisotopic (exact) mass is 239 g/mol. The highest BCUT2D eigenvalue weighted by molar-refractivity contribution is 6.32. The van der Waals surface area contributed by atoms with Crippen molar-refractivity contribution in [3.8, 4) is 5.75 Å². The highest BCUT2D eigenvalue weighted by Crippen LogP contribution is 2.30. The molecule has 0 saturated heterocycles. The second kappa shape index (κ2) is 5.55. The Bertz CT molecular complexity index is 348. The van der Waals surface area contributed by atoms with E-state index in [0.717, 1.165) is 25.0 Å². The molecule has 0 unspecified atom stereocenters. The summed E-state index contributed by atoms with van der Waals surface area (Å²) >= 11 is 6.12. The van der Waals surface area contributed by atoms with Crippen LogP contribution in [-0.2, 0) is 6.42 Å². The summed E-state index contributed by atoms with van der Waals surface area (Å²) in [4.78, 5) is 0. The highest BCUT2D eigenvalue weighted by Gasteiger charge is 2.17. The van der Waals surface area contributed by atoms with Crippen molar-refractivity contribution in [3.63, 3.8) is 0 Å². The SMILES string of the molecule is NCCc1ccc(Cl)c(OC2CCCC2)c1. The molecule has 0 atom stereocenters. The maximum Gasteiger partial charge on any atom is 0.138 e. The third kappa shape index (κ3) is 2.89. The lowest BCUT2D eigenvalue weighted by molar-refractivity contribution is 0.210. The number of halogens is 1. The van der Waals surface area contributed by atoms with Crippen molar-refractivity contribution in [1.29, 1.82) is 0 Å². The van der Waals surface area contributed by atoms with Gasteiger partial charge in [0.1, 0.15) is 5.75 Å². The molecule has 0 radical (unpaired) electrons. The Morgan fingerprint density at radius 1 is 1.31 bits per heavy atom. The van der Waals surface area contributed by atoms with Gasteiger partial charge in [0.15, 0.2) is 0 Å².